The van der Waals surface area contributed by atoms with E-state index < -0.39 is 18.5 Å². The number of fused-ring (bicyclic) bond motifs is 2. The Bertz CT molecular complexity index is 1260. The molecular weight excluding hydrogens is 471 g/mol. The van der Waals surface area contributed by atoms with Crippen LogP contribution >= 0.6 is 23.2 Å². The number of ether oxygens (including phenoxy) is 1. The van der Waals surface area contributed by atoms with Gasteiger partial charge in [-0.15, -0.1) is 0 Å². The second-order valence-electron chi connectivity index (χ2n) is 9.46. The van der Waals surface area contributed by atoms with Gasteiger partial charge in [-0.1, -0.05) is 68.6 Å². The summed E-state index contributed by atoms with van der Waals surface area (Å²) in [6, 6.07) is 12.4. The molecule has 178 valence electrons. The fourth-order valence-corrected chi connectivity index (χ4v) is 4.90. The summed E-state index contributed by atoms with van der Waals surface area (Å²) in [4.78, 5) is 30.7. The molecule has 1 aliphatic carbocycles. The Labute approximate surface area is 209 Å². The van der Waals surface area contributed by atoms with Crippen LogP contribution in [0.1, 0.15) is 55.2 Å². The summed E-state index contributed by atoms with van der Waals surface area (Å²) in [7, 11) is 0. The number of halogens is 2. The summed E-state index contributed by atoms with van der Waals surface area (Å²) < 4.78 is 5.50. The number of benzene rings is 2. The van der Waals surface area contributed by atoms with Gasteiger partial charge in [0.05, 0.1) is 21.8 Å². The number of para-hydroxylation sites is 1. The van der Waals surface area contributed by atoms with Crippen molar-refractivity contribution < 1.29 is 14.3 Å². The maximum atomic E-state index is 13.4. The third-order valence-electron chi connectivity index (χ3n) is 7.02. The molecule has 1 aliphatic rings. The van der Waals surface area contributed by atoms with Crippen molar-refractivity contribution in [3.05, 3.63) is 69.3 Å². The van der Waals surface area contributed by atoms with Gasteiger partial charge < -0.3 is 10.1 Å². The van der Waals surface area contributed by atoms with Gasteiger partial charge in [0.25, 0.3) is 5.91 Å². The molecule has 0 saturated heterocycles. The molecule has 7 heteroatoms. The quantitative estimate of drug-likeness (QED) is 0.376. The highest BCUT2D eigenvalue weighted by molar-refractivity contribution is 6.35. The second-order valence-corrected chi connectivity index (χ2v) is 10.3. The lowest BCUT2D eigenvalue weighted by atomic mass is 9.68. The predicted molar refractivity (Wildman–Crippen MR) is 137 cm³/mol. The fourth-order valence-electron chi connectivity index (χ4n) is 4.56. The summed E-state index contributed by atoms with van der Waals surface area (Å²) in [5.74, 6) is -0.570. The molecule has 0 fully saturated rings. The van der Waals surface area contributed by atoms with Crippen LogP contribution in [-0.2, 0) is 22.4 Å². The maximum absolute atomic E-state index is 13.4. The number of aryl methyl sites for hydroxylation is 1. The number of carbonyl (C=O) groups excluding carboxylic acids is 2. The smallest absolute Gasteiger partial charge is 0.339 e. The van der Waals surface area contributed by atoms with E-state index >= 15 is 0 Å². The van der Waals surface area contributed by atoms with E-state index in [-0.39, 0.29) is 5.41 Å². The molecule has 1 amide bonds. The van der Waals surface area contributed by atoms with Gasteiger partial charge in [0, 0.05) is 16.1 Å². The van der Waals surface area contributed by atoms with Crippen molar-refractivity contribution >= 4 is 51.7 Å². The summed E-state index contributed by atoms with van der Waals surface area (Å²) in [6.07, 6.45) is 3.68. The van der Waals surface area contributed by atoms with Crippen molar-refractivity contribution in [1.29, 1.82) is 0 Å². The van der Waals surface area contributed by atoms with Gasteiger partial charge in [-0.25, -0.2) is 4.79 Å². The number of amides is 1. The molecular formula is C27H28Cl2N2O3. The first kappa shape index (κ1) is 24.5. The monoisotopic (exact) mass is 498 g/mol. The molecule has 1 aromatic heterocycles. The van der Waals surface area contributed by atoms with Crippen molar-refractivity contribution in [3.63, 3.8) is 0 Å². The normalized spacial score (nSPS) is 15.6. The van der Waals surface area contributed by atoms with Gasteiger partial charge in [-0.2, -0.15) is 0 Å². The molecule has 1 N–H and O–H groups in total. The van der Waals surface area contributed by atoms with Crippen molar-refractivity contribution in [3.8, 4) is 0 Å². The first-order chi connectivity index (χ1) is 16.2. The zero-order valence-electron chi connectivity index (χ0n) is 19.6. The highest BCUT2D eigenvalue weighted by Crippen LogP contribution is 2.41. The van der Waals surface area contributed by atoms with Crippen molar-refractivity contribution in [2.24, 2.45) is 11.3 Å². The lowest BCUT2D eigenvalue weighted by Crippen LogP contribution is -2.31. The standard InChI is InChI=1S/C27H28Cl2N2O3/c1-4-27(2,3)16-9-12-22-19(13-16)25(18-7-5-6-8-21(18)30-22)26(33)34-15-24(32)31-23-14-17(28)10-11-20(23)29/h5-8,10-11,14,16H,4,9,12-13,15H2,1-3H3,(H,31,32). The predicted octanol–water partition coefficient (Wildman–Crippen LogP) is 6.88. The van der Waals surface area contributed by atoms with Crippen LogP contribution in [0, 0.1) is 11.3 Å². The number of rotatable bonds is 6. The highest BCUT2D eigenvalue weighted by Gasteiger charge is 2.34. The van der Waals surface area contributed by atoms with Gasteiger partial charge in [-0.05, 0) is 60.4 Å². The van der Waals surface area contributed by atoms with E-state index in [0.29, 0.717) is 27.2 Å². The van der Waals surface area contributed by atoms with Crippen LogP contribution in [0.4, 0.5) is 5.69 Å². The van der Waals surface area contributed by atoms with Crippen LogP contribution in [0.3, 0.4) is 0 Å². The van der Waals surface area contributed by atoms with Crippen LogP contribution in [0.25, 0.3) is 10.9 Å². The molecule has 0 bridgehead atoms. The number of esters is 1. The maximum Gasteiger partial charge on any atom is 0.339 e. The SMILES string of the molecule is CCC(C)(C)C1CCc2nc3ccccc3c(C(=O)OCC(=O)Nc3cc(Cl)ccc3Cl)c2C1. The highest BCUT2D eigenvalue weighted by atomic mass is 35.5. The number of hydrogen-bond acceptors (Lipinski definition) is 4. The fraction of sp³-hybridized carbons (Fsp3) is 0.370. The van der Waals surface area contributed by atoms with Crippen LogP contribution in [0.15, 0.2) is 42.5 Å². The largest absolute Gasteiger partial charge is 0.452 e. The number of hydrogen-bond donors (Lipinski definition) is 1. The third-order valence-corrected chi connectivity index (χ3v) is 7.58. The third kappa shape index (κ3) is 5.06. The molecule has 2 aromatic carbocycles. The van der Waals surface area contributed by atoms with E-state index in [0.717, 1.165) is 47.8 Å². The summed E-state index contributed by atoms with van der Waals surface area (Å²) in [5.41, 5.74) is 3.69. The van der Waals surface area contributed by atoms with Gasteiger partial charge >= 0.3 is 5.97 Å². The average Bonchev–Trinajstić information content (AvgIpc) is 2.82. The first-order valence-corrected chi connectivity index (χ1v) is 12.3. The zero-order chi connectivity index (χ0) is 24.5. The van der Waals surface area contributed by atoms with Crippen LogP contribution in [0.2, 0.25) is 10.0 Å². The van der Waals surface area contributed by atoms with Crippen LogP contribution < -0.4 is 5.32 Å². The molecule has 0 radical (unpaired) electrons. The van der Waals surface area contributed by atoms with Gasteiger partial charge in [-0.3, -0.25) is 9.78 Å². The number of anilines is 1. The number of nitrogens with zero attached hydrogens (tertiary/aromatic N) is 1. The van der Waals surface area contributed by atoms with E-state index in [1.807, 2.05) is 24.3 Å². The van der Waals surface area contributed by atoms with E-state index in [4.69, 9.17) is 32.9 Å². The minimum Gasteiger partial charge on any atom is -0.452 e. The lowest BCUT2D eigenvalue weighted by molar-refractivity contribution is -0.119. The molecule has 4 rings (SSSR count). The summed E-state index contributed by atoms with van der Waals surface area (Å²) in [6.45, 7) is 6.33. The zero-order valence-corrected chi connectivity index (χ0v) is 21.1. The number of aromatic nitrogens is 1. The number of carbonyl (C=O) groups is 2. The molecule has 5 nitrogen and oxygen atoms in total. The Morgan fingerprint density at radius 1 is 1.18 bits per heavy atom. The average molecular weight is 499 g/mol. The second kappa shape index (κ2) is 9.93. The summed E-state index contributed by atoms with van der Waals surface area (Å²) in [5, 5.41) is 4.19. The Morgan fingerprint density at radius 2 is 1.94 bits per heavy atom. The Kier molecular flexibility index (Phi) is 7.15. The van der Waals surface area contributed by atoms with Crippen LogP contribution in [0.5, 0.6) is 0 Å². The van der Waals surface area contributed by atoms with Gasteiger partial charge in [0.15, 0.2) is 6.61 Å². The first-order valence-electron chi connectivity index (χ1n) is 11.5. The molecule has 1 atom stereocenters. The van der Waals surface area contributed by atoms with Crippen molar-refractivity contribution in [1.82, 2.24) is 4.98 Å². The van der Waals surface area contributed by atoms with Gasteiger partial charge in [0.1, 0.15) is 0 Å². The molecule has 34 heavy (non-hydrogen) atoms. The molecule has 0 aliphatic heterocycles. The Balaban J connectivity index is 1.60. The van der Waals surface area contributed by atoms with Crippen molar-refractivity contribution in [2.45, 2.75) is 46.5 Å². The molecule has 0 saturated carbocycles. The van der Waals surface area contributed by atoms with E-state index in [1.165, 1.54) is 0 Å². The topological polar surface area (TPSA) is 68.3 Å². The molecule has 3 aromatic rings. The number of nitrogens with one attached hydrogen (secondary N) is 1. The molecule has 1 unspecified atom stereocenters. The van der Waals surface area contributed by atoms with Crippen molar-refractivity contribution in [2.75, 3.05) is 11.9 Å². The van der Waals surface area contributed by atoms with E-state index in [1.54, 1.807) is 18.2 Å². The summed E-state index contributed by atoms with van der Waals surface area (Å²) >= 11 is 12.1. The Morgan fingerprint density at radius 3 is 2.71 bits per heavy atom. The van der Waals surface area contributed by atoms with Crippen LogP contribution in [-0.4, -0.2) is 23.5 Å². The van der Waals surface area contributed by atoms with E-state index in [2.05, 4.69) is 26.1 Å². The number of pyridine rings is 1. The Hall–Kier alpha value is -2.63. The molecule has 0 spiro atoms. The molecule has 1 heterocycles. The van der Waals surface area contributed by atoms with Gasteiger partial charge in [0.2, 0.25) is 0 Å². The minimum absolute atomic E-state index is 0.153. The van der Waals surface area contributed by atoms with E-state index in [9.17, 15) is 9.59 Å². The minimum atomic E-state index is -0.517. The lowest BCUT2D eigenvalue weighted by Gasteiger charge is -2.37.